The number of ether oxygens (including phenoxy) is 1. The van der Waals surface area contributed by atoms with Crippen LogP contribution < -0.4 is 15.4 Å². The fourth-order valence-corrected chi connectivity index (χ4v) is 3.13. The summed E-state index contributed by atoms with van der Waals surface area (Å²) in [7, 11) is 1.59. The Balaban J connectivity index is 1.55. The molecule has 2 aromatic rings. The van der Waals surface area contributed by atoms with Gasteiger partial charge in [-0.1, -0.05) is 24.3 Å². The Morgan fingerprint density at radius 1 is 1.24 bits per heavy atom. The molecule has 0 radical (unpaired) electrons. The van der Waals surface area contributed by atoms with Crippen LogP contribution in [0.3, 0.4) is 0 Å². The Morgan fingerprint density at radius 2 is 2.00 bits per heavy atom. The van der Waals surface area contributed by atoms with Crippen LogP contribution in [0.15, 0.2) is 46.6 Å². The number of hydrogen-bond acceptors (Lipinski definition) is 5. The number of rotatable bonds is 9. The van der Waals surface area contributed by atoms with Crippen LogP contribution in [0.2, 0.25) is 0 Å². The van der Waals surface area contributed by atoms with Gasteiger partial charge < -0.3 is 15.4 Å². The van der Waals surface area contributed by atoms with Gasteiger partial charge in [-0.2, -0.15) is 10.2 Å². The van der Waals surface area contributed by atoms with Crippen molar-refractivity contribution in [2.24, 2.45) is 10.2 Å². The first-order valence-corrected chi connectivity index (χ1v) is 9.51. The monoisotopic (exact) mass is 392 g/mol. The summed E-state index contributed by atoms with van der Waals surface area (Å²) in [6.45, 7) is 1.64. The molecule has 29 heavy (non-hydrogen) atoms. The molecule has 2 amide bonds. The van der Waals surface area contributed by atoms with E-state index >= 15 is 0 Å². The molecule has 2 aromatic carbocycles. The van der Waals surface area contributed by atoms with Crippen molar-refractivity contribution in [3.8, 4) is 18.1 Å². The maximum Gasteiger partial charge on any atom is 0.246 e. The number of carbonyl (C=O) groups is 2. The van der Waals surface area contributed by atoms with E-state index in [0.717, 1.165) is 10.8 Å². The maximum atomic E-state index is 12.5. The largest absolute Gasteiger partial charge is 0.496 e. The van der Waals surface area contributed by atoms with Crippen LogP contribution in [-0.4, -0.2) is 30.6 Å². The lowest BCUT2D eigenvalue weighted by Gasteiger charge is -2.16. The Bertz CT molecular complexity index is 987. The summed E-state index contributed by atoms with van der Waals surface area (Å²) in [5.41, 5.74) is 0.104. The van der Waals surface area contributed by atoms with Gasteiger partial charge in [0.15, 0.2) is 5.66 Å². The minimum Gasteiger partial charge on any atom is -0.496 e. The van der Waals surface area contributed by atoms with Gasteiger partial charge >= 0.3 is 0 Å². The van der Waals surface area contributed by atoms with E-state index in [2.05, 4.69) is 26.8 Å². The zero-order valence-corrected chi connectivity index (χ0v) is 16.6. The Labute approximate surface area is 169 Å². The van der Waals surface area contributed by atoms with Gasteiger partial charge in [-0.25, -0.2) is 0 Å². The van der Waals surface area contributed by atoms with E-state index in [0.29, 0.717) is 30.7 Å². The van der Waals surface area contributed by atoms with Gasteiger partial charge in [-0.15, -0.1) is 12.3 Å². The highest BCUT2D eigenvalue weighted by Gasteiger charge is 2.39. The number of fused-ring (bicyclic) bond motifs is 1. The van der Waals surface area contributed by atoms with Crippen molar-refractivity contribution in [3.05, 3.63) is 36.4 Å². The van der Waals surface area contributed by atoms with Gasteiger partial charge in [-0.05, 0) is 18.4 Å². The Kier molecular flexibility index (Phi) is 6.13. The number of terminal acetylenes is 1. The van der Waals surface area contributed by atoms with Gasteiger partial charge in [0, 0.05) is 42.8 Å². The number of anilines is 1. The number of methoxy groups -OCH3 is 1. The summed E-state index contributed by atoms with van der Waals surface area (Å²) in [5, 5.41) is 15.5. The summed E-state index contributed by atoms with van der Waals surface area (Å²) in [4.78, 5) is 24.7. The van der Waals surface area contributed by atoms with E-state index in [1.807, 2.05) is 30.3 Å². The molecule has 0 saturated heterocycles. The van der Waals surface area contributed by atoms with E-state index in [4.69, 9.17) is 11.2 Å². The average molecular weight is 392 g/mol. The fourth-order valence-electron chi connectivity index (χ4n) is 3.13. The number of nitrogens with one attached hydrogen (secondary N) is 2. The molecule has 7 nitrogen and oxygen atoms in total. The molecule has 0 saturated carbocycles. The Hall–Kier alpha value is -3.40. The average Bonchev–Trinajstić information content (AvgIpc) is 3.50. The van der Waals surface area contributed by atoms with Gasteiger partial charge in [-0.3, -0.25) is 9.59 Å². The molecule has 3 rings (SSSR count). The van der Waals surface area contributed by atoms with Gasteiger partial charge in [0.05, 0.1) is 7.11 Å². The first-order valence-electron chi connectivity index (χ1n) is 9.51. The summed E-state index contributed by atoms with van der Waals surface area (Å²) in [6.07, 6.45) is 7.22. The van der Waals surface area contributed by atoms with E-state index in [9.17, 15) is 9.59 Å². The molecule has 2 N–H and O–H groups in total. The number of hydrogen-bond donors (Lipinski definition) is 2. The summed E-state index contributed by atoms with van der Waals surface area (Å²) >= 11 is 0. The van der Waals surface area contributed by atoms with Crippen LogP contribution in [-0.2, 0) is 9.59 Å². The van der Waals surface area contributed by atoms with E-state index in [-0.39, 0.29) is 18.2 Å². The second-order valence-corrected chi connectivity index (χ2v) is 7.06. The molecular formula is C22H24N4O3. The highest BCUT2D eigenvalue weighted by atomic mass is 16.5. The predicted molar refractivity (Wildman–Crippen MR) is 112 cm³/mol. The van der Waals surface area contributed by atoms with Crippen LogP contribution >= 0.6 is 0 Å². The molecule has 7 heteroatoms. The van der Waals surface area contributed by atoms with E-state index < -0.39 is 11.7 Å². The molecule has 1 heterocycles. The predicted octanol–water partition coefficient (Wildman–Crippen LogP) is 3.65. The number of carbonyl (C=O) groups excluding carboxylic acids is 2. The van der Waals surface area contributed by atoms with Crippen molar-refractivity contribution in [2.75, 3.05) is 12.4 Å². The maximum absolute atomic E-state index is 12.5. The quantitative estimate of drug-likeness (QED) is 0.638. The third-order valence-electron chi connectivity index (χ3n) is 4.89. The lowest BCUT2D eigenvalue weighted by Crippen LogP contribution is -2.41. The molecule has 150 valence electrons. The van der Waals surface area contributed by atoms with Crippen molar-refractivity contribution in [1.29, 1.82) is 0 Å². The Morgan fingerprint density at radius 3 is 2.69 bits per heavy atom. The number of amides is 2. The van der Waals surface area contributed by atoms with Gasteiger partial charge in [0.1, 0.15) is 11.8 Å². The number of nitrogens with zero attached hydrogens (tertiary/aromatic N) is 2. The normalized spacial score (nSPS) is 14.7. The minimum atomic E-state index is -0.685. The smallest absolute Gasteiger partial charge is 0.246 e. The lowest BCUT2D eigenvalue weighted by molar-refractivity contribution is -0.126. The van der Waals surface area contributed by atoms with Crippen molar-refractivity contribution in [1.82, 2.24) is 5.32 Å². The molecule has 1 unspecified atom stereocenters. The highest BCUT2D eigenvalue weighted by molar-refractivity contribution is 6.00. The van der Waals surface area contributed by atoms with Crippen molar-refractivity contribution < 1.29 is 14.3 Å². The summed E-state index contributed by atoms with van der Waals surface area (Å²) in [6, 6.07) is 10.7. The van der Waals surface area contributed by atoms with Crippen LogP contribution in [0.4, 0.5) is 5.69 Å². The lowest BCUT2D eigenvalue weighted by atomic mass is 10.0. The molecule has 1 aliphatic rings. The molecule has 1 atom stereocenters. The molecule has 0 fully saturated rings. The van der Waals surface area contributed by atoms with E-state index in [1.54, 1.807) is 20.1 Å². The van der Waals surface area contributed by atoms with Crippen molar-refractivity contribution in [2.45, 2.75) is 44.3 Å². The summed E-state index contributed by atoms with van der Waals surface area (Å²) < 4.78 is 5.42. The van der Waals surface area contributed by atoms with Crippen LogP contribution in [0.25, 0.3) is 10.8 Å². The second kappa shape index (κ2) is 8.74. The fraction of sp³-hybridized carbons (Fsp3) is 0.364. The third kappa shape index (κ3) is 5.11. The molecule has 0 aliphatic carbocycles. The SMILES string of the molecule is C#CCCC1(CCC(=O)NC(C)C(=O)Nc2cc(OC)c3ccccc3c2)N=N1. The molecule has 0 aromatic heterocycles. The van der Waals surface area contributed by atoms with Crippen LogP contribution in [0.5, 0.6) is 5.75 Å². The molecule has 0 bridgehead atoms. The highest BCUT2D eigenvalue weighted by Crippen LogP contribution is 2.37. The first kappa shape index (κ1) is 20.3. The first-order chi connectivity index (χ1) is 14.0. The minimum absolute atomic E-state index is 0.221. The molecular weight excluding hydrogens is 368 g/mol. The standard InChI is InChI=1S/C22H24N4O3/c1-4-5-11-22(25-26-22)12-10-20(27)23-15(2)21(28)24-17-13-16-8-6-7-9-18(16)19(14-17)29-3/h1,6-9,13-15H,5,10-12H2,2-3H3,(H,23,27)(H,24,28). The van der Waals surface area contributed by atoms with Gasteiger partial charge in [0.2, 0.25) is 11.8 Å². The molecule has 1 aliphatic heterocycles. The van der Waals surface area contributed by atoms with Crippen molar-refractivity contribution in [3.63, 3.8) is 0 Å². The summed E-state index contributed by atoms with van der Waals surface area (Å²) in [5.74, 6) is 2.70. The van der Waals surface area contributed by atoms with Crippen LogP contribution in [0, 0.1) is 12.3 Å². The van der Waals surface area contributed by atoms with Crippen molar-refractivity contribution >= 4 is 28.3 Å². The zero-order chi connectivity index (χ0) is 20.9. The van der Waals surface area contributed by atoms with Gasteiger partial charge in [0.25, 0.3) is 0 Å². The second-order valence-electron chi connectivity index (χ2n) is 7.06. The number of benzene rings is 2. The third-order valence-corrected chi connectivity index (χ3v) is 4.89. The topological polar surface area (TPSA) is 92.2 Å². The zero-order valence-electron chi connectivity index (χ0n) is 16.6. The van der Waals surface area contributed by atoms with E-state index in [1.165, 1.54) is 0 Å². The van der Waals surface area contributed by atoms with Crippen LogP contribution in [0.1, 0.15) is 32.6 Å². The molecule has 0 spiro atoms.